The molecule has 0 aliphatic heterocycles. The van der Waals surface area contributed by atoms with Gasteiger partial charge in [0.05, 0.1) is 26.4 Å². The number of nitrogens with one attached hydrogen (secondary N) is 2. The minimum atomic E-state index is 0.646. The molecule has 0 amide bonds. The molecule has 2 N–H and O–H groups in total. The molecule has 0 aromatic carbocycles. The lowest BCUT2D eigenvalue weighted by atomic mass is 10.4. The Morgan fingerprint density at radius 1 is 1.09 bits per heavy atom. The summed E-state index contributed by atoms with van der Waals surface area (Å²) in [7, 11) is 0. The van der Waals surface area contributed by atoms with Gasteiger partial charge in [0.15, 0.2) is 5.96 Å². The van der Waals surface area contributed by atoms with Crippen LogP contribution in [0.25, 0.3) is 0 Å². The van der Waals surface area contributed by atoms with E-state index >= 15 is 0 Å². The molecule has 0 unspecified atom stereocenters. The third kappa shape index (κ3) is 10.3. The van der Waals surface area contributed by atoms with Crippen molar-refractivity contribution in [2.24, 2.45) is 4.99 Å². The molecule has 0 saturated heterocycles. The van der Waals surface area contributed by atoms with E-state index in [0.29, 0.717) is 26.4 Å². The van der Waals surface area contributed by atoms with E-state index in [4.69, 9.17) is 9.47 Å². The molecular weight excluding hydrogens is 310 g/mol. The Morgan fingerprint density at radius 2 is 1.87 bits per heavy atom. The molecule has 0 radical (unpaired) electrons. The van der Waals surface area contributed by atoms with Crippen LogP contribution in [0.4, 0.5) is 0 Å². The zero-order chi connectivity index (χ0) is 16.8. The van der Waals surface area contributed by atoms with Crippen molar-refractivity contribution in [1.29, 1.82) is 0 Å². The van der Waals surface area contributed by atoms with Crippen LogP contribution in [0.3, 0.4) is 0 Å². The first-order chi connectivity index (χ1) is 11.3. The summed E-state index contributed by atoms with van der Waals surface area (Å²) in [5.74, 6) is 0.835. The standard InChI is InChI=1S/C17H31N3O2S/c1-4-6-10-21-12-13-22-11-9-19-17(18-5-2)20-14-16-8-7-15(3)23-16/h7-8H,4-6,9-14H2,1-3H3,(H2,18,19,20). The van der Waals surface area contributed by atoms with Crippen molar-refractivity contribution in [2.75, 3.05) is 39.5 Å². The summed E-state index contributed by atoms with van der Waals surface area (Å²) in [6.45, 7) is 11.4. The smallest absolute Gasteiger partial charge is 0.191 e. The van der Waals surface area contributed by atoms with Crippen molar-refractivity contribution in [1.82, 2.24) is 10.6 Å². The zero-order valence-electron chi connectivity index (χ0n) is 14.7. The van der Waals surface area contributed by atoms with E-state index in [1.807, 2.05) is 0 Å². The summed E-state index contributed by atoms with van der Waals surface area (Å²) < 4.78 is 11.0. The Bertz CT molecular complexity index is 435. The average Bonchev–Trinajstić information content (AvgIpc) is 2.96. The van der Waals surface area contributed by atoms with Gasteiger partial charge in [0.25, 0.3) is 0 Å². The van der Waals surface area contributed by atoms with Crippen LogP contribution in [0.15, 0.2) is 17.1 Å². The summed E-state index contributed by atoms with van der Waals surface area (Å²) in [4.78, 5) is 7.19. The second-order valence-electron chi connectivity index (χ2n) is 5.21. The van der Waals surface area contributed by atoms with E-state index in [9.17, 15) is 0 Å². The van der Waals surface area contributed by atoms with Gasteiger partial charge < -0.3 is 20.1 Å². The predicted octanol–water partition coefficient (Wildman–Crippen LogP) is 2.94. The van der Waals surface area contributed by atoms with Crippen molar-refractivity contribution < 1.29 is 9.47 Å². The molecule has 132 valence electrons. The van der Waals surface area contributed by atoms with Gasteiger partial charge in [-0.3, -0.25) is 0 Å². The van der Waals surface area contributed by atoms with Crippen LogP contribution in [0.1, 0.15) is 36.4 Å². The second kappa shape index (κ2) is 13.3. The molecule has 0 atom stereocenters. The normalized spacial score (nSPS) is 11.7. The topological polar surface area (TPSA) is 54.9 Å². The number of aliphatic imine (C=N–C) groups is 1. The van der Waals surface area contributed by atoms with Gasteiger partial charge in [-0.05, 0) is 32.4 Å². The first-order valence-corrected chi connectivity index (χ1v) is 9.30. The average molecular weight is 342 g/mol. The molecule has 1 aromatic rings. The number of aryl methyl sites for hydroxylation is 1. The third-order valence-corrected chi connectivity index (χ3v) is 4.07. The van der Waals surface area contributed by atoms with Crippen molar-refractivity contribution in [3.8, 4) is 0 Å². The van der Waals surface area contributed by atoms with Crippen molar-refractivity contribution >= 4 is 17.3 Å². The highest BCUT2D eigenvalue weighted by molar-refractivity contribution is 7.11. The van der Waals surface area contributed by atoms with E-state index in [-0.39, 0.29) is 0 Å². The van der Waals surface area contributed by atoms with E-state index < -0.39 is 0 Å². The third-order valence-electron chi connectivity index (χ3n) is 3.09. The molecule has 0 fully saturated rings. The molecule has 6 heteroatoms. The number of unbranched alkanes of at least 4 members (excludes halogenated alkanes) is 1. The SMILES string of the molecule is CCCCOCCOCCNC(=NCc1ccc(C)s1)NCC. The Labute approximate surface area is 144 Å². The number of nitrogens with zero attached hydrogens (tertiary/aromatic N) is 1. The number of rotatable bonds is 12. The van der Waals surface area contributed by atoms with Crippen LogP contribution < -0.4 is 10.6 Å². The zero-order valence-corrected chi connectivity index (χ0v) is 15.5. The van der Waals surface area contributed by atoms with Gasteiger partial charge in [0.1, 0.15) is 0 Å². The maximum atomic E-state index is 5.54. The van der Waals surface area contributed by atoms with Crippen LogP contribution in [0, 0.1) is 6.92 Å². The quantitative estimate of drug-likeness (QED) is 0.349. The first kappa shape index (κ1) is 19.9. The number of hydrogen-bond acceptors (Lipinski definition) is 4. The molecule has 0 aliphatic carbocycles. The molecular formula is C17H31N3O2S. The number of thiophene rings is 1. The molecule has 1 aromatic heterocycles. The van der Waals surface area contributed by atoms with Crippen LogP contribution >= 0.6 is 11.3 Å². The summed E-state index contributed by atoms with van der Waals surface area (Å²) in [5, 5.41) is 6.53. The minimum absolute atomic E-state index is 0.646. The van der Waals surface area contributed by atoms with Crippen LogP contribution in [-0.2, 0) is 16.0 Å². The van der Waals surface area contributed by atoms with Crippen LogP contribution in [0.5, 0.6) is 0 Å². The maximum absolute atomic E-state index is 5.54. The number of hydrogen-bond donors (Lipinski definition) is 2. The van der Waals surface area contributed by atoms with Crippen LogP contribution in [-0.4, -0.2) is 45.5 Å². The fourth-order valence-corrected chi connectivity index (χ4v) is 2.69. The fourth-order valence-electron chi connectivity index (χ4n) is 1.88. The number of guanidine groups is 1. The highest BCUT2D eigenvalue weighted by Crippen LogP contribution is 2.15. The molecule has 0 spiro atoms. The molecule has 23 heavy (non-hydrogen) atoms. The lowest BCUT2D eigenvalue weighted by Crippen LogP contribution is -2.39. The lowest BCUT2D eigenvalue weighted by molar-refractivity contribution is 0.0487. The Balaban J connectivity index is 2.13. The summed E-state index contributed by atoms with van der Waals surface area (Å²) >= 11 is 1.79. The van der Waals surface area contributed by atoms with Crippen molar-refractivity contribution in [3.63, 3.8) is 0 Å². The fraction of sp³-hybridized carbons (Fsp3) is 0.706. The van der Waals surface area contributed by atoms with E-state index in [1.165, 1.54) is 16.2 Å². The van der Waals surface area contributed by atoms with Gasteiger partial charge in [0.2, 0.25) is 0 Å². The highest BCUT2D eigenvalue weighted by atomic mass is 32.1. The second-order valence-corrected chi connectivity index (χ2v) is 6.59. The predicted molar refractivity (Wildman–Crippen MR) is 98.4 cm³/mol. The van der Waals surface area contributed by atoms with Crippen molar-refractivity contribution in [2.45, 2.75) is 40.2 Å². The first-order valence-electron chi connectivity index (χ1n) is 8.49. The maximum Gasteiger partial charge on any atom is 0.191 e. The van der Waals surface area contributed by atoms with E-state index in [0.717, 1.165) is 32.1 Å². The van der Waals surface area contributed by atoms with Gasteiger partial charge in [-0.15, -0.1) is 11.3 Å². The molecule has 1 heterocycles. The van der Waals surface area contributed by atoms with Gasteiger partial charge in [-0.2, -0.15) is 0 Å². The Kier molecular flexibility index (Phi) is 11.6. The Morgan fingerprint density at radius 3 is 2.52 bits per heavy atom. The lowest BCUT2D eigenvalue weighted by Gasteiger charge is -2.11. The van der Waals surface area contributed by atoms with Crippen molar-refractivity contribution in [3.05, 3.63) is 21.9 Å². The molecule has 0 saturated carbocycles. The highest BCUT2D eigenvalue weighted by Gasteiger charge is 1.99. The number of ether oxygens (including phenoxy) is 2. The largest absolute Gasteiger partial charge is 0.379 e. The van der Waals surface area contributed by atoms with Gasteiger partial charge in [-0.1, -0.05) is 13.3 Å². The Hall–Kier alpha value is -1.11. The van der Waals surface area contributed by atoms with E-state index in [2.05, 4.69) is 48.5 Å². The summed E-state index contributed by atoms with van der Waals surface area (Å²) in [6, 6.07) is 4.26. The molecule has 5 nitrogen and oxygen atoms in total. The van der Waals surface area contributed by atoms with Gasteiger partial charge >= 0.3 is 0 Å². The molecule has 0 aliphatic rings. The monoisotopic (exact) mass is 341 g/mol. The van der Waals surface area contributed by atoms with Gasteiger partial charge in [0, 0.05) is 29.5 Å². The van der Waals surface area contributed by atoms with E-state index in [1.54, 1.807) is 11.3 Å². The molecule has 0 bridgehead atoms. The van der Waals surface area contributed by atoms with Crippen LogP contribution in [0.2, 0.25) is 0 Å². The molecule has 1 rings (SSSR count). The minimum Gasteiger partial charge on any atom is -0.379 e. The van der Waals surface area contributed by atoms with Gasteiger partial charge in [-0.25, -0.2) is 4.99 Å². The summed E-state index contributed by atoms with van der Waals surface area (Å²) in [5.41, 5.74) is 0. The summed E-state index contributed by atoms with van der Waals surface area (Å²) in [6.07, 6.45) is 2.29.